The highest BCUT2D eigenvalue weighted by Crippen LogP contribution is 2.37. The first-order valence-electron chi connectivity index (χ1n) is 7.24. The molecule has 0 unspecified atom stereocenters. The normalized spacial score (nSPS) is 12.0. The standard InChI is InChI=1S/C18H18ClF3/c1-4-12-9-14(18(20,21)22)6-7-15(12)16-10-13(11(2)3)5-8-17(16)19/h5-11H,4H2,1-3H3. The third-order valence-electron chi connectivity index (χ3n) is 3.76. The van der Waals surface area contributed by atoms with Gasteiger partial charge in [-0.1, -0.05) is 44.5 Å². The molecule has 22 heavy (non-hydrogen) atoms. The fraction of sp³-hybridized carbons (Fsp3) is 0.333. The monoisotopic (exact) mass is 326 g/mol. The van der Waals surface area contributed by atoms with Gasteiger partial charge >= 0.3 is 6.18 Å². The molecule has 2 aromatic carbocycles. The minimum absolute atomic E-state index is 0.329. The summed E-state index contributed by atoms with van der Waals surface area (Å²) in [5.74, 6) is 0.329. The first kappa shape index (κ1) is 16.9. The Morgan fingerprint density at radius 1 is 1.00 bits per heavy atom. The van der Waals surface area contributed by atoms with E-state index in [1.54, 1.807) is 0 Å². The predicted molar refractivity (Wildman–Crippen MR) is 85.4 cm³/mol. The molecular weight excluding hydrogens is 309 g/mol. The molecule has 0 spiro atoms. The van der Waals surface area contributed by atoms with Gasteiger partial charge in [0.2, 0.25) is 0 Å². The number of hydrogen-bond acceptors (Lipinski definition) is 0. The van der Waals surface area contributed by atoms with Gasteiger partial charge in [0, 0.05) is 10.6 Å². The van der Waals surface area contributed by atoms with Crippen LogP contribution in [-0.2, 0) is 12.6 Å². The molecule has 0 heterocycles. The van der Waals surface area contributed by atoms with E-state index >= 15 is 0 Å². The van der Waals surface area contributed by atoms with Crippen molar-refractivity contribution in [3.8, 4) is 11.1 Å². The molecule has 0 aliphatic rings. The van der Waals surface area contributed by atoms with Crippen molar-refractivity contribution in [3.05, 3.63) is 58.1 Å². The van der Waals surface area contributed by atoms with E-state index in [1.807, 2.05) is 25.1 Å². The van der Waals surface area contributed by atoms with Gasteiger partial charge in [-0.2, -0.15) is 13.2 Å². The Morgan fingerprint density at radius 2 is 1.68 bits per heavy atom. The topological polar surface area (TPSA) is 0 Å². The lowest BCUT2D eigenvalue weighted by Gasteiger charge is -2.15. The summed E-state index contributed by atoms with van der Waals surface area (Å²) in [5.41, 5.74) is 2.70. The third-order valence-corrected chi connectivity index (χ3v) is 4.09. The minimum Gasteiger partial charge on any atom is -0.166 e. The Morgan fingerprint density at radius 3 is 2.23 bits per heavy atom. The molecule has 0 aromatic heterocycles. The highest BCUT2D eigenvalue weighted by molar-refractivity contribution is 6.33. The van der Waals surface area contributed by atoms with Crippen LogP contribution in [0.2, 0.25) is 5.02 Å². The number of hydrogen-bond donors (Lipinski definition) is 0. The Balaban J connectivity index is 2.60. The fourth-order valence-electron chi connectivity index (χ4n) is 2.43. The van der Waals surface area contributed by atoms with E-state index in [0.717, 1.165) is 22.8 Å². The van der Waals surface area contributed by atoms with Crippen molar-refractivity contribution in [2.24, 2.45) is 0 Å². The lowest BCUT2D eigenvalue weighted by molar-refractivity contribution is -0.137. The van der Waals surface area contributed by atoms with E-state index in [2.05, 4.69) is 13.8 Å². The number of benzene rings is 2. The van der Waals surface area contributed by atoms with E-state index in [0.29, 0.717) is 22.9 Å². The molecule has 0 saturated carbocycles. The van der Waals surface area contributed by atoms with Crippen molar-refractivity contribution in [2.45, 2.75) is 39.3 Å². The molecule has 4 heteroatoms. The molecule has 0 radical (unpaired) electrons. The summed E-state index contributed by atoms with van der Waals surface area (Å²) in [6.45, 7) is 5.99. The molecular formula is C18H18ClF3. The fourth-order valence-corrected chi connectivity index (χ4v) is 2.65. The summed E-state index contributed by atoms with van der Waals surface area (Å²) in [7, 11) is 0. The molecule has 2 aromatic rings. The van der Waals surface area contributed by atoms with E-state index in [-0.39, 0.29) is 0 Å². The second-order valence-corrected chi connectivity index (χ2v) is 6.02. The highest BCUT2D eigenvalue weighted by atomic mass is 35.5. The van der Waals surface area contributed by atoms with E-state index < -0.39 is 11.7 Å². The maximum atomic E-state index is 12.9. The SMILES string of the molecule is CCc1cc(C(F)(F)F)ccc1-c1cc(C(C)C)ccc1Cl. The lowest BCUT2D eigenvalue weighted by atomic mass is 9.92. The smallest absolute Gasteiger partial charge is 0.166 e. The molecule has 0 bridgehead atoms. The Hall–Kier alpha value is -1.48. The van der Waals surface area contributed by atoms with Gasteiger partial charge in [-0.15, -0.1) is 0 Å². The van der Waals surface area contributed by atoms with Gasteiger partial charge in [0.1, 0.15) is 0 Å². The summed E-state index contributed by atoms with van der Waals surface area (Å²) in [6, 6.07) is 9.58. The van der Waals surface area contributed by atoms with Gasteiger partial charge in [0.25, 0.3) is 0 Å². The molecule has 118 valence electrons. The number of alkyl halides is 3. The van der Waals surface area contributed by atoms with Crippen molar-refractivity contribution < 1.29 is 13.2 Å². The molecule has 0 fully saturated rings. The number of aryl methyl sites for hydroxylation is 1. The van der Waals surface area contributed by atoms with Crippen molar-refractivity contribution in [1.29, 1.82) is 0 Å². The third kappa shape index (κ3) is 3.46. The molecule has 0 nitrogen and oxygen atoms in total. The Bertz CT molecular complexity index is 673. The van der Waals surface area contributed by atoms with Crippen molar-refractivity contribution in [2.75, 3.05) is 0 Å². The number of rotatable bonds is 3. The van der Waals surface area contributed by atoms with E-state index in [1.165, 1.54) is 12.1 Å². The molecule has 2 rings (SSSR count). The van der Waals surface area contributed by atoms with Crippen LogP contribution in [0.1, 0.15) is 43.4 Å². The van der Waals surface area contributed by atoms with E-state index in [4.69, 9.17) is 11.6 Å². The molecule has 0 amide bonds. The van der Waals surface area contributed by atoms with Crippen LogP contribution in [0.15, 0.2) is 36.4 Å². The molecule has 0 saturated heterocycles. The second-order valence-electron chi connectivity index (χ2n) is 5.62. The van der Waals surface area contributed by atoms with Gasteiger partial charge in [-0.05, 0) is 53.3 Å². The highest BCUT2D eigenvalue weighted by Gasteiger charge is 2.31. The maximum absolute atomic E-state index is 12.9. The average molecular weight is 327 g/mol. The second kappa shape index (κ2) is 6.33. The summed E-state index contributed by atoms with van der Waals surface area (Å²) in [4.78, 5) is 0. The molecule has 0 aliphatic heterocycles. The Labute approximate surface area is 133 Å². The van der Waals surface area contributed by atoms with Crippen molar-refractivity contribution in [1.82, 2.24) is 0 Å². The van der Waals surface area contributed by atoms with Gasteiger partial charge in [-0.3, -0.25) is 0 Å². The lowest BCUT2D eigenvalue weighted by Crippen LogP contribution is -2.06. The van der Waals surface area contributed by atoms with Gasteiger partial charge in [0.15, 0.2) is 0 Å². The van der Waals surface area contributed by atoms with Crippen LogP contribution >= 0.6 is 11.6 Å². The first-order chi connectivity index (χ1) is 10.2. The van der Waals surface area contributed by atoms with Crippen LogP contribution in [0.5, 0.6) is 0 Å². The zero-order valence-electron chi connectivity index (χ0n) is 12.8. The molecule has 0 atom stereocenters. The summed E-state index contributed by atoms with van der Waals surface area (Å²) < 4.78 is 38.6. The van der Waals surface area contributed by atoms with Gasteiger partial charge < -0.3 is 0 Å². The molecule has 0 aliphatic carbocycles. The molecule has 0 N–H and O–H groups in total. The minimum atomic E-state index is -4.33. The zero-order valence-corrected chi connectivity index (χ0v) is 13.5. The zero-order chi connectivity index (χ0) is 16.5. The van der Waals surface area contributed by atoms with Crippen molar-refractivity contribution >= 4 is 11.6 Å². The van der Waals surface area contributed by atoms with Crippen LogP contribution in [0, 0.1) is 0 Å². The van der Waals surface area contributed by atoms with Gasteiger partial charge in [-0.25, -0.2) is 0 Å². The average Bonchev–Trinajstić information content (AvgIpc) is 2.46. The first-order valence-corrected chi connectivity index (χ1v) is 7.61. The van der Waals surface area contributed by atoms with Crippen LogP contribution < -0.4 is 0 Å². The summed E-state index contributed by atoms with van der Waals surface area (Å²) >= 11 is 6.27. The van der Waals surface area contributed by atoms with Crippen LogP contribution in [0.3, 0.4) is 0 Å². The van der Waals surface area contributed by atoms with Crippen LogP contribution in [0.25, 0.3) is 11.1 Å². The van der Waals surface area contributed by atoms with Gasteiger partial charge in [0.05, 0.1) is 5.56 Å². The number of halogens is 4. The van der Waals surface area contributed by atoms with Crippen LogP contribution in [-0.4, -0.2) is 0 Å². The largest absolute Gasteiger partial charge is 0.416 e. The summed E-state index contributed by atoms with van der Waals surface area (Å²) in [6.07, 6.45) is -3.81. The predicted octanol–water partition coefficient (Wildman–Crippen LogP) is 6.71. The Kier molecular flexibility index (Phi) is 4.86. The van der Waals surface area contributed by atoms with E-state index in [9.17, 15) is 13.2 Å². The van der Waals surface area contributed by atoms with Crippen LogP contribution in [0.4, 0.5) is 13.2 Å². The van der Waals surface area contributed by atoms with Crippen molar-refractivity contribution in [3.63, 3.8) is 0 Å². The maximum Gasteiger partial charge on any atom is 0.416 e. The summed E-state index contributed by atoms with van der Waals surface area (Å²) in [5, 5.41) is 0.554. The quantitative estimate of drug-likeness (QED) is 0.588.